The van der Waals surface area contributed by atoms with Crippen molar-refractivity contribution in [3.8, 4) is 0 Å². The van der Waals surface area contributed by atoms with Crippen LogP contribution in [0.2, 0.25) is 0 Å². The summed E-state index contributed by atoms with van der Waals surface area (Å²) in [4.78, 5) is 4.05. The van der Waals surface area contributed by atoms with Gasteiger partial charge in [0.15, 0.2) is 11.6 Å². The first kappa shape index (κ1) is 14.6. The van der Waals surface area contributed by atoms with Crippen molar-refractivity contribution in [2.24, 2.45) is 0 Å². The predicted molar refractivity (Wildman–Crippen MR) is 75.5 cm³/mol. The lowest BCUT2D eigenvalue weighted by Gasteiger charge is -2.20. The van der Waals surface area contributed by atoms with Gasteiger partial charge in [0.2, 0.25) is 0 Å². The summed E-state index contributed by atoms with van der Waals surface area (Å²) in [5.41, 5.74) is 1.45. The first-order valence-electron chi connectivity index (χ1n) is 6.73. The average Bonchev–Trinajstić information content (AvgIpc) is 2.48. The molecule has 0 amide bonds. The van der Waals surface area contributed by atoms with Gasteiger partial charge in [-0.05, 0) is 37.1 Å². The number of rotatable bonds is 5. The van der Waals surface area contributed by atoms with E-state index >= 15 is 0 Å². The lowest BCUT2D eigenvalue weighted by atomic mass is 9.98. The van der Waals surface area contributed by atoms with Crippen LogP contribution in [0.1, 0.15) is 36.1 Å². The molecule has 0 aliphatic rings. The fourth-order valence-corrected chi connectivity index (χ4v) is 2.13. The number of hydrogen-bond acceptors (Lipinski definition) is 2. The molecule has 1 N–H and O–H groups in total. The summed E-state index contributed by atoms with van der Waals surface area (Å²) in [5.74, 6) is -1.57. The van der Waals surface area contributed by atoms with E-state index in [2.05, 4.69) is 10.3 Å². The molecule has 4 heteroatoms. The van der Waals surface area contributed by atoms with E-state index in [1.165, 1.54) is 0 Å². The number of nitrogens with one attached hydrogen (secondary N) is 1. The summed E-state index contributed by atoms with van der Waals surface area (Å²) in [6, 6.07) is 6.49. The molecule has 0 saturated carbocycles. The van der Waals surface area contributed by atoms with Crippen LogP contribution in [-0.2, 0) is 0 Å². The van der Waals surface area contributed by atoms with Gasteiger partial charge in [-0.25, -0.2) is 8.78 Å². The van der Waals surface area contributed by atoms with Crippen LogP contribution >= 0.6 is 0 Å². The number of halogens is 2. The number of pyridine rings is 1. The maximum absolute atomic E-state index is 14.2. The molecule has 0 saturated heterocycles. The van der Waals surface area contributed by atoms with Gasteiger partial charge >= 0.3 is 0 Å². The zero-order chi connectivity index (χ0) is 14.5. The van der Waals surface area contributed by atoms with Crippen molar-refractivity contribution in [1.82, 2.24) is 10.3 Å². The minimum atomic E-state index is -0.789. The normalized spacial score (nSPS) is 12.4. The minimum Gasteiger partial charge on any atom is -0.306 e. The van der Waals surface area contributed by atoms with Crippen LogP contribution in [0.25, 0.3) is 0 Å². The van der Waals surface area contributed by atoms with Crippen LogP contribution in [0, 0.1) is 18.6 Å². The van der Waals surface area contributed by atoms with E-state index < -0.39 is 17.7 Å². The van der Waals surface area contributed by atoms with E-state index in [-0.39, 0.29) is 0 Å². The fourth-order valence-electron chi connectivity index (χ4n) is 2.13. The summed E-state index contributed by atoms with van der Waals surface area (Å²) in [5, 5.41) is 3.24. The Morgan fingerprint density at radius 2 is 2.00 bits per heavy atom. The van der Waals surface area contributed by atoms with Crippen molar-refractivity contribution in [2.75, 3.05) is 6.54 Å². The highest BCUT2D eigenvalue weighted by molar-refractivity contribution is 5.34. The van der Waals surface area contributed by atoms with Crippen molar-refractivity contribution in [1.29, 1.82) is 0 Å². The summed E-state index contributed by atoms with van der Waals surface area (Å²) < 4.78 is 28.0. The first-order chi connectivity index (χ1) is 9.65. The molecule has 0 aliphatic heterocycles. The molecule has 1 aromatic heterocycles. The summed E-state index contributed by atoms with van der Waals surface area (Å²) in [7, 11) is 0. The Hall–Kier alpha value is -1.81. The number of hydrogen-bond donors (Lipinski definition) is 1. The number of benzene rings is 1. The second-order valence-electron chi connectivity index (χ2n) is 4.77. The van der Waals surface area contributed by atoms with Crippen LogP contribution in [-0.4, -0.2) is 11.5 Å². The Morgan fingerprint density at radius 3 is 2.65 bits per heavy atom. The molecule has 0 radical (unpaired) electrons. The molecule has 1 atom stereocenters. The van der Waals surface area contributed by atoms with Crippen LogP contribution in [0.5, 0.6) is 0 Å². The van der Waals surface area contributed by atoms with Crippen molar-refractivity contribution in [3.05, 3.63) is 65.0 Å². The monoisotopic (exact) mass is 276 g/mol. The molecule has 106 valence electrons. The van der Waals surface area contributed by atoms with E-state index in [0.717, 1.165) is 12.0 Å². The highest BCUT2D eigenvalue weighted by Gasteiger charge is 2.20. The molecule has 2 aromatic rings. The van der Waals surface area contributed by atoms with Crippen molar-refractivity contribution in [2.45, 2.75) is 26.3 Å². The third kappa shape index (κ3) is 3.02. The minimum absolute atomic E-state index is 0.312. The highest BCUT2D eigenvalue weighted by atomic mass is 19.2. The van der Waals surface area contributed by atoms with Gasteiger partial charge in [0.25, 0.3) is 0 Å². The molecule has 1 heterocycles. The first-order valence-corrected chi connectivity index (χ1v) is 6.73. The fraction of sp³-hybridized carbons (Fsp3) is 0.312. The summed E-state index contributed by atoms with van der Waals surface area (Å²) >= 11 is 0. The van der Waals surface area contributed by atoms with Gasteiger partial charge in [-0.3, -0.25) is 4.98 Å². The third-order valence-corrected chi connectivity index (χ3v) is 3.23. The predicted octanol–water partition coefficient (Wildman–Crippen LogP) is 3.76. The molecule has 20 heavy (non-hydrogen) atoms. The van der Waals surface area contributed by atoms with Gasteiger partial charge in [-0.15, -0.1) is 0 Å². The quantitative estimate of drug-likeness (QED) is 0.899. The number of nitrogens with zero attached hydrogens (tertiary/aromatic N) is 1. The van der Waals surface area contributed by atoms with Crippen molar-refractivity contribution < 1.29 is 8.78 Å². The summed E-state index contributed by atoms with van der Waals surface area (Å²) in [6.07, 6.45) is 4.24. The van der Waals surface area contributed by atoms with Crippen LogP contribution in [0.4, 0.5) is 8.78 Å². The zero-order valence-corrected chi connectivity index (χ0v) is 11.7. The van der Waals surface area contributed by atoms with E-state index in [9.17, 15) is 8.78 Å². The average molecular weight is 276 g/mol. The van der Waals surface area contributed by atoms with Gasteiger partial charge in [0.05, 0.1) is 6.04 Å². The number of aromatic nitrogens is 1. The Balaban J connectivity index is 2.44. The Kier molecular flexibility index (Phi) is 4.79. The topological polar surface area (TPSA) is 24.9 Å². The molecule has 1 aromatic carbocycles. The smallest absolute Gasteiger partial charge is 0.164 e. The molecular formula is C16H18F2N2. The van der Waals surface area contributed by atoms with Gasteiger partial charge < -0.3 is 5.32 Å². The second kappa shape index (κ2) is 6.57. The Morgan fingerprint density at radius 1 is 1.20 bits per heavy atom. The van der Waals surface area contributed by atoms with E-state index in [4.69, 9.17) is 0 Å². The van der Waals surface area contributed by atoms with Gasteiger partial charge in [0.1, 0.15) is 0 Å². The maximum Gasteiger partial charge on any atom is 0.164 e. The Labute approximate surface area is 117 Å². The molecular weight excluding hydrogens is 258 g/mol. The molecule has 0 fully saturated rings. The lowest BCUT2D eigenvalue weighted by Crippen LogP contribution is -2.24. The maximum atomic E-state index is 14.2. The van der Waals surface area contributed by atoms with Crippen LogP contribution < -0.4 is 5.32 Å². The van der Waals surface area contributed by atoms with Crippen LogP contribution in [0.3, 0.4) is 0 Å². The highest BCUT2D eigenvalue weighted by Crippen LogP contribution is 2.26. The number of aryl methyl sites for hydroxylation is 1. The summed E-state index contributed by atoms with van der Waals surface area (Å²) in [6.45, 7) is 4.30. The molecule has 0 bridgehead atoms. The third-order valence-electron chi connectivity index (χ3n) is 3.23. The molecule has 2 nitrogen and oxygen atoms in total. The zero-order valence-electron chi connectivity index (χ0n) is 11.7. The largest absolute Gasteiger partial charge is 0.306 e. The van der Waals surface area contributed by atoms with Crippen molar-refractivity contribution in [3.63, 3.8) is 0 Å². The molecule has 1 unspecified atom stereocenters. The lowest BCUT2D eigenvalue weighted by molar-refractivity contribution is 0.476. The Bertz CT molecular complexity index is 570. The van der Waals surface area contributed by atoms with Gasteiger partial charge in [-0.1, -0.05) is 25.1 Å². The second-order valence-corrected chi connectivity index (χ2v) is 4.77. The van der Waals surface area contributed by atoms with Crippen LogP contribution in [0.15, 0.2) is 36.7 Å². The molecule has 0 aliphatic carbocycles. The van der Waals surface area contributed by atoms with E-state index in [1.54, 1.807) is 37.5 Å². The van der Waals surface area contributed by atoms with E-state index in [0.29, 0.717) is 17.7 Å². The van der Waals surface area contributed by atoms with Gasteiger partial charge in [0, 0.05) is 18.0 Å². The molecule has 2 rings (SSSR count). The van der Waals surface area contributed by atoms with Gasteiger partial charge in [-0.2, -0.15) is 0 Å². The van der Waals surface area contributed by atoms with Crippen molar-refractivity contribution >= 4 is 0 Å². The molecule has 0 spiro atoms. The SMILES string of the molecule is CCCNC(c1cccnc1)c1ccc(C)c(F)c1F. The standard InChI is InChI=1S/C16H18F2N2/c1-3-8-20-16(12-5-4-9-19-10-12)13-7-6-11(2)14(17)15(13)18/h4-7,9-10,16,20H,3,8H2,1-2H3. The van der Waals surface area contributed by atoms with E-state index in [1.807, 2.05) is 13.0 Å².